The number of anilines is 2. The average molecular weight is 580 g/mol. The van der Waals surface area contributed by atoms with E-state index in [9.17, 15) is 4.79 Å². The second-order valence-electron chi connectivity index (χ2n) is 10.8. The van der Waals surface area contributed by atoms with Gasteiger partial charge in [0, 0.05) is 51.5 Å². The molecule has 3 aromatic heterocycles. The first-order chi connectivity index (χ1) is 20.2. The Morgan fingerprint density at radius 1 is 1.17 bits per heavy atom. The highest BCUT2D eigenvalue weighted by Gasteiger charge is 2.38. The van der Waals surface area contributed by atoms with Crippen molar-refractivity contribution in [2.75, 3.05) is 32.7 Å². The van der Waals surface area contributed by atoms with E-state index in [-0.39, 0.29) is 53.4 Å². The van der Waals surface area contributed by atoms with Gasteiger partial charge in [-0.25, -0.2) is 13.8 Å². The van der Waals surface area contributed by atoms with Crippen molar-refractivity contribution in [1.29, 1.82) is 0 Å². The third-order valence-corrected chi connectivity index (χ3v) is 7.93. The summed E-state index contributed by atoms with van der Waals surface area (Å²) in [5.41, 5.74) is 8.81. The molecule has 3 N–H and O–H groups in total. The third-order valence-electron chi connectivity index (χ3n) is 7.93. The van der Waals surface area contributed by atoms with Crippen molar-refractivity contribution in [2.45, 2.75) is 44.7 Å². The summed E-state index contributed by atoms with van der Waals surface area (Å²) >= 11 is 0. The molecule has 1 aliphatic carbocycles. The lowest BCUT2D eigenvalue weighted by atomic mass is 9.73. The first-order valence-electron chi connectivity index (χ1n) is 13.8. The number of imidazole rings is 1. The highest BCUT2D eigenvalue weighted by Crippen LogP contribution is 2.40. The predicted molar refractivity (Wildman–Crippen MR) is 155 cm³/mol. The molecule has 0 saturated heterocycles. The number of ether oxygens (including phenoxy) is 2. The van der Waals surface area contributed by atoms with E-state index < -0.39 is 11.6 Å². The molecule has 4 aromatic rings. The van der Waals surface area contributed by atoms with Gasteiger partial charge in [-0.15, -0.1) is 0 Å². The number of halogens is 2. The number of nitrogens with one attached hydrogen (secondary N) is 1. The van der Waals surface area contributed by atoms with Crippen molar-refractivity contribution in [3.05, 3.63) is 66.1 Å². The molecular formula is C30H35F2N7O3. The fourth-order valence-electron chi connectivity index (χ4n) is 5.92. The summed E-state index contributed by atoms with van der Waals surface area (Å²) in [7, 11) is 3.32. The first-order valence-corrected chi connectivity index (χ1v) is 13.8. The largest absolute Gasteiger partial charge is 0.491 e. The van der Waals surface area contributed by atoms with Gasteiger partial charge in [0.1, 0.15) is 24.0 Å². The van der Waals surface area contributed by atoms with Crippen molar-refractivity contribution in [3.8, 4) is 17.0 Å². The van der Waals surface area contributed by atoms with Crippen molar-refractivity contribution >= 4 is 23.1 Å². The molecule has 0 radical (unpaired) electrons. The number of benzene rings is 1. The van der Waals surface area contributed by atoms with Gasteiger partial charge in [-0.2, -0.15) is 9.61 Å². The third kappa shape index (κ3) is 5.90. The maximum atomic E-state index is 15.1. The average Bonchev–Trinajstić information content (AvgIpc) is 3.34. The topological polar surface area (TPSA) is 120 Å². The molecule has 10 nitrogen and oxygen atoms in total. The van der Waals surface area contributed by atoms with E-state index in [0.717, 1.165) is 29.8 Å². The van der Waals surface area contributed by atoms with Crippen LogP contribution in [-0.2, 0) is 9.53 Å². The van der Waals surface area contributed by atoms with Gasteiger partial charge in [0.25, 0.3) is 0 Å². The van der Waals surface area contributed by atoms with Crippen LogP contribution in [0, 0.1) is 17.6 Å². The van der Waals surface area contributed by atoms with Gasteiger partial charge in [0.05, 0.1) is 41.5 Å². The number of hydrogen-bond donors (Lipinski definition) is 2. The molecule has 4 unspecified atom stereocenters. The molecule has 12 heteroatoms. The van der Waals surface area contributed by atoms with Crippen molar-refractivity contribution < 1.29 is 23.0 Å². The van der Waals surface area contributed by atoms with Crippen LogP contribution in [0.5, 0.6) is 5.75 Å². The number of carbonyl (C=O) groups is 1. The number of aromatic nitrogens is 4. The number of fused-ring (bicyclic) bond motifs is 1. The Morgan fingerprint density at radius 3 is 2.62 bits per heavy atom. The number of likely N-dealkylation sites (N-methyl/N-ethyl adjacent to an activating group) is 1. The Bertz CT molecular complexity index is 1540. The van der Waals surface area contributed by atoms with Crippen molar-refractivity contribution in [2.24, 2.45) is 11.7 Å². The molecule has 5 rings (SSSR count). The number of nitrogens with two attached hydrogens (primary N) is 1. The van der Waals surface area contributed by atoms with Crippen LogP contribution < -0.4 is 15.8 Å². The predicted octanol–water partition coefficient (Wildman–Crippen LogP) is 4.53. The van der Waals surface area contributed by atoms with Crippen LogP contribution in [-0.4, -0.2) is 69.8 Å². The van der Waals surface area contributed by atoms with Crippen LogP contribution in [0.2, 0.25) is 0 Å². The zero-order valence-corrected chi connectivity index (χ0v) is 24.1. The summed E-state index contributed by atoms with van der Waals surface area (Å²) in [5.74, 6) is -0.854. The summed E-state index contributed by atoms with van der Waals surface area (Å²) in [6.45, 7) is 4.14. The molecule has 0 aliphatic heterocycles. The van der Waals surface area contributed by atoms with E-state index >= 15 is 8.78 Å². The van der Waals surface area contributed by atoms with Gasteiger partial charge in [-0.1, -0.05) is 6.92 Å². The van der Waals surface area contributed by atoms with Crippen LogP contribution in [0.3, 0.4) is 0 Å². The Labute approximate surface area is 242 Å². The summed E-state index contributed by atoms with van der Waals surface area (Å²) in [6, 6.07) is 7.22. The molecule has 4 atom stereocenters. The number of methoxy groups -OCH3 is 1. The molecule has 222 valence electrons. The number of hydrogen-bond acceptors (Lipinski definition) is 8. The number of rotatable bonds is 9. The second kappa shape index (κ2) is 12.4. The number of nitrogens with zero attached hydrogens (tertiary/aromatic N) is 5. The van der Waals surface area contributed by atoms with Gasteiger partial charge < -0.3 is 25.4 Å². The molecule has 42 heavy (non-hydrogen) atoms. The van der Waals surface area contributed by atoms with E-state index in [1.807, 2.05) is 6.07 Å². The lowest BCUT2D eigenvalue weighted by Crippen LogP contribution is -2.54. The highest BCUT2D eigenvalue weighted by atomic mass is 19.1. The fourth-order valence-corrected chi connectivity index (χ4v) is 5.92. The van der Waals surface area contributed by atoms with Crippen molar-refractivity contribution in [1.82, 2.24) is 24.5 Å². The Hall–Kier alpha value is -4.16. The Balaban J connectivity index is 1.42. The molecule has 3 heterocycles. The highest BCUT2D eigenvalue weighted by molar-refractivity contribution is 5.73. The van der Waals surface area contributed by atoms with Gasteiger partial charge >= 0.3 is 0 Å². The Kier molecular flexibility index (Phi) is 8.64. The Morgan fingerprint density at radius 2 is 1.93 bits per heavy atom. The van der Waals surface area contributed by atoms with Gasteiger partial charge in [-0.05, 0) is 48.4 Å². The van der Waals surface area contributed by atoms with Gasteiger partial charge in [0.15, 0.2) is 0 Å². The summed E-state index contributed by atoms with van der Waals surface area (Å²) < 4.78 is 41.9. The van der Waals surface area contributed by atoms with E-state index in [2.05, 4.69) is 27.3 Å². The van der Waals surface area contributed by atoms with E-state index in [1.54, 1.807) is 49.6 Å². The summed E-state index contributed by atoms with van der Waals surface area (Å²) in [6.07, 6.45) is 6.60. The molecule has 0 spiro atoms. The summed E-state index contributed by atoms with van der Waals surface area (Å²) in [5, 5.41) is 7.84. The minimum atomic E-state index is -0.796. The van der Waals surface area contributed by atoms with Crippen LogP contribution in [0.25, 0.3) is 16.8 Å². The maximum absolute atomic E-state index is 15.1. The van der Waals surface area contributed by atoms with Crippen LogP contribution in [0.4, 0.5) is 20.4 Å². The minimum Gasteiger partial charge on any atom is -0.491 e. The molecule has 1 saturated carbocycles. The van der Waals surface area contributed by atoms with Crippen LogP contribution >= 0.6 is 0 Å². The molecule has 1 aliphatic rings. The smallest absolute Gasteiger partial charge is 0.229 e. The molecular weight excluding hydrogens is 544 g/mol. The zero-order chi connectivity index (χ0) is 30.0. The van der Waals surface area contributed by atoms with E-state index in [0.29, 0.717) is 24.5 Å². The second-order valence-corrected chi connectivity index (χ2v) is 10.8. The van der Waals surface area contributed by atoms with Crippen LogP contribution in [0.15, 0.2) is 48.9 Å². The molecule has 1 fully saturated rings. The molecule has 1 aromatic carbocycles. The quantitative estimate of drug-likeness (QED) is 0.278. The minimum absolute atomic E-state index is 0.00353. The standard InChI is InChI=1S/C30H35F2N7O3/c1-17-11-19(12-25(33)29(17)38(3)18(2)40)22-7-8-34-16-27(22)36-30-35-15-20-5-6-26(37-39(20)30)28-23(31)13-21(14-24(28)32)42-10-9-41-4/h5-8,13-17,19,25,29H,9-12,33H2,1-4H3,(H,35,36). The number of pyridine rings is 1. The van der Waals surface area contributed by atoms with E-state index in [4.69, 9.17) is 15.2 Å². The van der Waals surface area contributed by atoms with Crippen molar-refractivity contribution in [3.63, 3.8) is 0 Å². The van der Waals surface area contributed by atoms with Crippen LogP contribution in [0.1, 0.15) is 38.2 Å². The SMILES string of the molecule is COCCOc1cc(F)c(-c2ccc3cnc(Nc4cnccc4C4CC(C)C(N(C)C(C)=O)C(N)C4)n3n2)c(F)c1. The van der Waals surface area contributed by atoms with Gasteiger partial charge in [-0.3, -0.25) is 9.78 Å². The number of carbonyl (C=O) groups excluding carboxylic acids is 1. The van der Waals surface area contributed by atoms with E-state index in [1.165, 1.54) is 11.6 Å². The zero-order valence-electron chi connectivity index (χ0n) is 24.1. The molecule has 0 bridgehead atoms. The number of amides is 1. The maximum Gasteiger partial charge on any atom is 0.229 e. The first kappa shape index (κ1) is 29.3. The molecule has 1 amide bonds. The normalized spacial score (nSPS) is 20.5. The summed E-state index contributed by atoms with van der Waals surface area (Å²) in [4.78, 5) is 22.5. The fraction of sp³-hybridized carbons (Fsp3) is 0.400. The van der Waals surface area contributed by atoms with Gasteiger partial charge in [0.2, 0.25) is 11.9 Å². The lowest BCUT2D eigenvalue weighted by Gasteiger charge is -2.43. The lowest BCUT2D eigenvalue weighted by molar-refractivity contribution is -0.131. The monoisotopic (exact) mass is 579 g/mol.